The smallest absolute Gasteiger partial charge is 0.287 e. The monoisotopic (exact) mass is 235 g/mol. The van der Waals surface area contributed by atoms with Crippen LogP contribution in [0.25, 0.3) is 0 Å². The predicted molar refractivity (Wildman–Crippen MR) is 52.6 cm³/mol. The van der Waals surface area contributed by atoms with Gasteiger partial charge in [-0.15, -0.1) is 0 Å². The maximum absolute atomic E-state index is 12.5. The van der Waals surface area contributed by atoms with Crippen molar-refractivity contribution in [3.8, 4) is 0 Å². The number of hydrazine groups is 1. The van der Waals surface area contributed by atoms with E-state index in [4.69, 9.17) is 4.11 Å². The molecule has 16 heavy (non-hydrogen) atoms. The van der Waals surface area contributed by atoms with Crippen molar-refractivity contribution in [3.05, 3.63) is 35.9 Å². The Hall–Kier alpha value is -1.56. The van der Waals surface area contributed by atoms with Gasteiger partial charge in [-0.05, 0) is 19.0 Å². The van der Waals surface area contributed by atoms with Gasteiger partial charge in [0.05, 0.1) is 0 Å². The number of hydrogen-bond donors (Lipinski definition) is 2. The normalized spacial score (nSPS) is 16.8. The largest absolute Gasteiger partial charge is 0.405 e. The van der Waals surface area contributed by atoms with Crippen LogP contribution < -0.4 is 10.9 Å². The zero-order valence-corrected chi connectivity index (χ0v) is 8.01. The molecule has 2 N–H and O–H groups in total. The summed E-state index contributed by atoms with van der Waals surface area (Å²) in [5.41, 5.74) is 3.37. The molecule has 1 aromatic carbocycles. The molecular weight excluding hydrogens is 221 g/mol. The molecule has 0 radical (unpaired) electrons. The van der Waals surface area contributed by atoms with Crippen molar-refractivity contribution in [2.75, 3.05) is 0 Å². The lowest BCUT2D eigenvalue weighted by Crippen LogP contribution is -2.49. The highest BCUT2D eigenvalue weighted by atomic mass is 19.4. The van der Waals surface area contributed by atoms with Gasteiger partial charge in [0.2, 0.25) is 0 Å². The average molecular weight is 235 g/mol. The van der Waals surface area contributed by atoms with Crippen molar-refractivity contribution in [3.63, 3.8) is 0 Å². The van der Waals surface area contributed by atoms with Crippen molar-refractivity contribution >= 4 is 5.91 Å². The summed E-state index contributed by atoms with van der Waals surface area (Å²) < 4.78 is 57.9. The third-order valence-corrected chi connectivity index (χ3v) is 1.69. The van der Waals surface area contributed by atoms with E-state index in [2.05, 4.69) is 0 Å². The third-order valence-electron chi connectivity index (χ3n) is 1.69. The molecule has 0 saturated carbocycles. The van der Waals surface area contributed by atoms with Crippen LogP contribution in [0.2, 0.25) is 0 Å². The highest BCUT2D eigenvalue weighted by Gasteiger charge is 2.36. The van der Waals surface area contributed by atoms with Crippen molar-refractivity contribution in [2.45, 2.75) is 19.1 Å². The number of amides is 1. The topological polar surface area (TPSA) is 41.1 Å². The molecule has 1 amide bonds. The zero-order chi connectivity index (χ0) is 14.7. The predicted octanol–water partition coefficient (Wildman–Crippen LogP) is 1.87. The van der Waals surface area contributed by atoms with Crippen LogP contribution in [0.1, 0.15) is 21.3 Å². The van der Waals surface area contributed by atoms with E-state index in [1.165, 1.54) is 29.7 Å². The maximum atomic E-state index is 12.5. The van der Waals surface area contributed by atoms with E-state index in [9.17, 15) is 18.0 Å². The molecule has 1 unspecified atom stereocenters. The summed E-state index contributed by atoms with van der Waals surface area (Å²) in [5, 5.41) is 0. The van der Waals surface area contributed by atoms with Gasteiger partial charge in [-0.3, -0.25) is 10.2 Å². The average Bonchev–Trinajstić information content (AvgIpc) is 2.26. The molecule has 0 saturated heterocycles. The standard InChI is InChI=1S/C10H11F3N2O/c1-7(10(11,12)13)14-15-9(16)8-5-3-2-4-6-8/h2-7,14H,1H3,(H,15,16)/i1D3. The molecule has 0 aliphatic rings. The van der Waals surface area contributed by atoms with Crippen molar-refractivity contribution in [1.82, 2.24) is 10.9 Å². The van der Waals surface area contributed by atoms with Gasteiger partial charge in [0.15, 0.2) is 0 Å². The summed E-state index contributed by atoms with van der Waals surface area (Å²) in [6.07, 6.45) is -5.00. The number of halogens is 3. The number of alkyl halides is 3. The molecule has 1 rings (SSSR count). The second kappa shape index (κ2) is 4.98. The van der Waals surface area contributed by atoms with Gasteiger partial charge in [-0.1, -0.05) is 18.2 Å². The quantitative estimate of drug-likeness (QED) is 0.785. The van der Waals surface area contributed by atoms with Gasteiger partial charge in [0.25, 0.3) is 5.91 Å². The van der Waals surface area contributed by atoms with Gasteiger partial charge in [0, 0.05) is 9.68 Å². The Morgan fingerprint density at radius 2 is 2.00 bits per heavy atom. The van der Waals surface area contributed by atoms with Gasteiger partial charge >= 0.3 is 6.18 Å². The summed E-state index contributed by atoms with van der Waals surface area (Å²) in [4.78, 5) is 11.5. The third kappa shape index (κ3) is 3.54. The van der Waals surface area contributed by atoms with Crippen LogP contribution in [0.4, 0.5) is 13.2 Å². The van der Waals surface area contributed by atoms with Crippen LogP contribution in [0.15, 0.2) is 30.3 Å². The molecule has 0 spiro atoms. The fourth-order valence-electron chi connectivity index (χ4n) is 0.881. The highest BCUT2D eigenvalue weighted by Crippen LogP contribution is 2.18. The lowest BCUT2D eigenvalue weighted by atomic mass is 10.2. The van der Waals surface area contributed by atoms with Crippen LogP contribution in [-0.4, -0.2) is 18.1 Å². The minimum Gasteiger partial charge on any atom is -0.287 e. The fourth-order valence-corrected chi connectivity index (χ4v) is 0.881. The summed E-state index contributed by atoms with van der Waals surface area (Å²) in [6.45, 7) is -3.32. The summed E-state index contributed by atoms with van der Waals surface area (Å²) in [7, 11) is 0. The van der Waals surface area contributed by atoms with Gasteiger partial charge in [0.1, 0.15) is 6.04 Å². The van der Waals surface area contributed by atoms with Crippen LogP contribution in [0.3, 0.4) is 0 Å². The second-order valence-electron chi connectivity index (χ2n) is 2.94. The Kier molecular flexibility index (Phi) is 2.67. The van der Waals surface area contributed by atoms with E-state index in [0.29, 0.717) is 0 Å². The van der Waals surface area contributed by atoms with Crippen LogP contribution in [0, 0.1) is 0 Å². The number of hydrogen-bond acceptors (Lipinski definition) is 2. The number of carbonyl (C=O) groups excluding carboxylic acids is 1. The molecule has 1 aromatic rings. The molecule has 0 fully saturated rings. The first-order chi connectivity index (χ1) is 8.62. The highest BCUT2D eigenvalue weighted by molar-refractivity contribution is 5.93. The van der Waals surface area contributed by atoms with Crippen molar-refractivity contribution in [1.29, 1.82) is 0 Å². The molecule has 3 nitrogen and oxygen atoms in total. The van der Waals surface area contributed by atoms with E-state index in [-0.39, 0.29) is 5.56 Å². The van der Waals surface area contributed by atoms with E-state index in [0.717, 1.165) is 0 Å². The number of nitrogens with one attached hydrogen (secondary N) is 2. The number of benzene rings is 1. The van der Waals surface area contributed by atoms with E-state index in [1.54, 1.807) is 11.5 Å². The van der Waals surface area contributed by atoms with Crippen LogP contribution in [0.5, 0.6) is 0 Å². The maximum Gasteiger partial charge on any atom is 0.405 e. The number of carbonyl (C=O) groups is 1. The molecular formula is C10H11F3N2O. The Labute approximate surface area is 94.8 Å². The Morgan fingerprint density at radius 1 is 1.38 bits per heavy atom. The van der Waals surface area contributed by atoms with Crippen LogP contribution in [-0.2, 0) is 0 Å². The Balaban J connectivity index is 2.71. The van der Waals surface area contributed by atoms with Crippen molar-refractivity contribution in [2.24, 2.45) is 0 Å². The first-order valence-electron chi connectivity index (χ1n) is 5.80. The summed E-state index contributed by atoms with van der Waals surface area (Å²) >= 11 is 0. The Bertz CT molecular complexity index is 420. The van der Waals surface area contributed by atoms with Gasteiger partial charge < -0.3 is 0 Å². The minimum absolute atomic E-state index is 0.112. The first kappa shape index (κ1) is 8.58. The Morgan fingerprint density at radius 3 is 2.50 bits per heavy atom. The van der Waals surface area contributed by atoms with Crippen LogP contribution >= 0.6 is 0 Å². The molecule has 1 atom stereocenters. The molecule has 0 heterocycles. The SMILES string of the molecule is [2H]C([2H])([2H])C(NNC(=O)c1ccccc1)C(F)(F)F. The van der Waals surface area contributed by atoms with E-state index < -0.39 is 25.0 Å². The summed E-state index contributed by atoms with van der Waals surface area (Å²) in [5.74, 6) is -0.848. The minimum atomic E-state index is -5.00. The fraction of sp³-hybridized carbons (Fsp3) is 0.300. The van der Waals surface area contributed by atoms with E-state index >= 15 is 0 Å². The summed E-state index contributed by atoms with van der Waals surface area (Å²) in [6, 6.07) is 4.63. The molecule has 0 bridgehead atoms. The molecule has 0 aliphatic carbocycles. The zero-order valence-electron chi connectivity index (χ0n) is 11.0. The molecule has 88 valence electrons. The first-order valence-corrected chi connectivity index (χ1v) is 4.30. The van der Waals surface area contributed by atoms with E-state index in [1.807, 2.05) is 0 Å². The van der Waals surface area contributed by atoms with Gasteiger partial charge in [-0.2, -0.15) is 13.2 Å². The molecule has 0 aromatic heterocycles. The molecule has 6 heteroatoms. The van der Waals surface area contributed by atoms with Crippen molar-refractivity contribution < 1.29 is 22.1 Å². The van der Waals surface area contributed by atoms with Gasteiger partial charge in [-0.25, -0.2) is 5.43 Å². The lowest BCUT2D eigenvalue weighted by molar-refractivity contribution is -0.153. The number of rotatable bonds is 3. The molecule has 0 aliphatic heterocycles. The second-order valence-corrected chi connectivity index (χ2v) is 2.94. The lowest BCUT2D eigenvalue weighted by Gasteiger charge is -2.17.